The number of benzene rings is 2. The fourth-order valence-electron chi connectivity index (χ4n) is 2.85. The van der Waals surface area contributed by atoms with E-state index in [0.29, 0.717) is 16.2 Å². The molecule has 148 valence electrons. The number of hydrogen-bond acceptors (Lipinski definition) is 3. The lowest BCUT2D eigenvalue weighted by Crippen LogP contribution is -2.38. The number of nitrogens with zero attached hydrogens (tertiary/aromatic N) is 2. The minimum Gasteiger partial charge on any atom is -0.502 e. The Morgan fingerprint density at radius 2 is 1.62 bits per heavy atom. The van der Waals surface area contributed by atoms with E-state index < -0.39 is 0 Å². The Morgan fingerprint density at radius 1 is 1.00 bits per heavy atom. The topological polar surface area (TPSA) is 39.4 Å². The smallest absolute Gasteiger partial charge is 0.288 e. The number of nitrogens with one attached hydrogen (secondary N) is 1. The number of halogens is 1. The van der Waals surface area contributed by atoms with Gasteiger partial charge in [-0.05, 0) is 42.8 Å². The van der Waals surface area contributed by atoms with Crippen molar-refractivity contribution in [2.45, 2.75) is 6.92 Å². The molecule has 0 aliphatic heterocycles. The van der Waals surface area contributed by atoms with Crippen molar-refractivity contribution >= 4 is 40.0 Å². The highest BCUT2D eigenvalue weighted by Gasteiger charge is 2.24. The number of aliphatic hydroxyl groups excluding tert-OH is 1. The molecule has 0 bridgehead atoms. The number of rotatable bonds is 5. The van der Waals surface area contributed by atoms with Gasteiger partial charge in [0.15, 0.2) is 23.1 Å². The van der Waals surface area contributed by atoms with Gasteiger partial charge in [-0.1, -0.05) is 30.4 Å². The van der Waals surface area contributed by atoms with Gasteiger partial charge in [-0.15, -0.1) is 0 Å². The molecule has 0 unspecified atom stereocenters. The maximum absolute atomic E-state index is 13.3. The van der Waals surface area contributed by atoms with Crippen LogP contribution in [-0.2, 0) is 0 Å². The molecule has 0 amide bonds. The predicted octanol–water partition coefficient (Wildman–Crippen LogP) is 4.81. The zero-order chi connectivity index (χ0) is 21.0. The third-order valence-corrected chi connectivity index (χ3v) is 4.83. The molecule has 0 aliphatic rings. The number of aryl methyl sites for hydroxylation is 1. The number of hydrogen-bond donors (Lipinski definition) is 2. The molecular weight excluding hydrogens is 385 g/mol. The summed E-state index contributed by atoms with van der Waals surface area (Å²) in [7, 11) is 3.91. The van der Waals surface area contributed by atoms with E-state index in [9.17, 15) is 9.50 Å². The molecule has 0 spiro atoms. The van der Waals surface area contributed by atoms with E-state index in [1.165, 1.54) is 24.3 Å². The molecule has 1 heterocycles. The van der Waals surface area contributed by atoms with E-state index in [1.807, 2.05) is 74.7 Å². The molecule has 3 rings (SSSR count). The third-order valence-electron chi connectivity index (χ3n) is 4.54. The molecule has 0 atom stereocenters. The third kappa shape index (κ3) is 4.78. The van der Waals surface area contributed by atoms with E-state index in [-0.39, 0.29) is 11.6 Å². The summed E-state index contributed by atoms with van der Waals surface area (Å²) < 4.78 is 15.1. The van der Waals surface area contributed by atoms with Crippen LogP contribution in [0.5, 0.6) is 0 Å². The fourth-order valence-corrected chi connectivity index (χ4v) is 3.16. The van der Waals surface area contributed by atoms with Crippen molar-refractivity contribution in [1.29, 1.82) is 0 Å². The van der Waals surface area contributed by atoms with E-state index in [0.717, 1.165) is 16.9 Å². The minimum absolute atomic E-state index is 0.0429. The van der Waals surface area contributed by atoms with Crippen LogP contribution in [-0.4, -0.2) is 24.2 Å². The maximum atomic E-state index is 13.3. The van der Waals surface area contributed by atoms with Crippen LogP contribution in [0.1, 0.15) is 11.1 Å². The Balaban J connectivity index is 2.07. The van der Waals surface area contributed by atoms with Gasteiger partial charge in [0.1, 0.15) is 5.82 Å². The highest BCUT2D eigenvalue weighted by molar-refractivity contribution is 7.81. The summed E-state index contributed by atoms with van der Waals surface area (Å²) in [5.74, 6) is -0.412. The van der Waals surface area contributed by atoms with Crippen molar-refractivity contribution < 1.29 is 14.1 Å². The highest BCUT2D eigenvalue weighted by atomic mass is 32.1. The second kappa shape index (κ2) is 8.84. The van der Waals surface area contributed by atoms with Crippen LogP contribution in [0.25, 0.3) is 11.5 Å². The SMILES string of the molecule is Cc1ccccc1NC(=S)C(=C(O)c1ccc(F)cc1)[n+]1ccc(N(C)C)cc1. The highest BCUT2D eigenvalue weighted by Crippen LogP contribution is 2.21. The van der Waals surface area contributed by atoms with E-state index in [4.69, 9.17) is 12.2 Å². The van der Waals surface area contributed by atoms with E-state index >= 15 is 0 Å². The van der Waals surface area contributed by atoms with Gasteiger partial charge in [-0.25, -0.2) is 4.39 Å². The molecule has 0 radical (unpaired) electrons. The summed E-state index contributed by atoms with van der Waals surface area (Å²) in [6, 6.07) is 17.3. The Labute approximate surface area is 175 Å². The van der Waals surface area contributed by atoms with Crippen LogP contribution in [0.3, 0.4) is 0 Å². The van der Waals surface area contributed by atoms with Crippen molar-refractivity contribution in [3.63, 3.8) is 0 Å². The van der Waals surface area contributed by atoms with Crippen LogP contribution in [0.4, 0.5) is 15.8 Å². The molecule has 2 N–H and O–H groups in total. The lowest BCUT2D eigenvalue weighted by atomic mass is 10.1. The molecule has 0 saturated carbocycles. The summed E-state index contributed by atoms with van der Waals surface area (Å²) in [6.07, 6.45) is 3.66. The van der Waals surface area contributed by atoms with Crippen LogP contribution in [0, 0.1) is 12.7 Å². The lowest BCUT2D eigenvalue weighted by molar-refractivity contribution is -0.575. The van der Waals surface area contributed by atoms with Gasteiger partial charge in [-0.3, -0.25) is 0 Å². The van der Waals surface area contributed by atoms with Gasteiger partial charge in [0.2, 0.25) is 0 Å². The van der Waals surface area contributed by atoms with Crippen molar-refractivity contribution in [3.05, 3.63) is 90.0 Å². The monoisotopic (exact) mass is 408 g/mol. The molecule has 1 aromatic heterocycles. The van der Waals surface area contributed by atoms with Gasteiger partial charge < -0.3 is 15.3 Å². The molecule has 3 aromatic rings. The number of aliphatic hydroxyl groups is 1. The average molecular weight is 409 g/mol. The first kappa shape index (κ1) is 20.5. The predicted molar refractivity (Wildman–Crippen MR) is 121 cm³/mol. The molecule has 0 aliphatic carbocycles. The average Bonchev–Trinajstić information content (AvgIpc) is 2.71. The number of anilines is 2. The summed E-state index contributed by atoms with van der Waals surface area (Å²) >= 11 is 5.65. The maximum Gasteiger partial charge on any atom is 0.288 e. The standard InChI is InChI=1S/C23H22FN3OS/c1-16-6-4-5-7-20(16)25-23(29)21(22(28)17-8-10-18(24)11-9-17)27-14-12-19(13-15-27)26(2)3/h4-15H,1-3H3,(H-,25,28,29)/p+1. The number of thiocarbonyl (C=S) groups is 1. The van der Waals surface area contributed by atoms with E-state index in [1.54, 1.807) is 4.57 Å². The summed E-state index contributed by atoms with van der Waals surface area (Å²) in [6.45, 7) is 1.98. The second-order valence-electron chi connectivity index (χ2n) is 6.83. The summed E-state index contributed by atoms with van der Waals surface area (Å²) in [5.41, 5.74) is 3.77. The van der Waals surface area contributed by atoms with Crippen molar-refractivity contribution in [2.75, 3.05) is 24.3 Å². The Hall–Kier alpha value is -3.25. The fraction of sp³-hybridized carbons (Fsp3) is 0.130. The quantitative estimate of drug-likeness (QED) is 0.275. The summed E-state index contributed by atoms with van der Waals surface area (Å²) in [5, 5.41) is 14.2. The molecule has 0 fully saturated rings. The van der Waals surface area contributed by atoms with Gasteiger partial charge in [0.25, 0.3) is 5.70 Å². The van der Waals surface area contributed by atoms with Crippen LogP contribution in [0.15, 0.2) is 73.1 Å². The molecule has 6 heteroatoms. The van der Waals surface area contributed by atoms with Crippen molar-refractivity contribution in [1.82, 2.24) is 0 Å². The number of pyridine rings is 1. The first-order chi connectivity index (χ1) is 13.9. The first-order valence-electron chi connectivity index (χ1n) is 9.12. The van der Waals surface area contributed by atoms with E-state index in [2.05, 4.69) is 5.32 Å². The zero-order valence-electron chi connectivity index (χ0n) is 16.6. The zero-order valence-corrected chi connectivity index (χ0v) is 17.4. The van der Waals surface area contributed by atoms with Crippen LogP contribution < -0.4 is 14.8 Å². The van der Waals surface area contributed by atoms with Crippen molar-refractivity contribution in [2.24, 2.45) is 0 Å². The lowest BCUT2D eigenvalue weighted by Gasteiger charge is -2.13. The van der Waals surface area contributed by atoms with Gasteiger partial charge >= 0.3 is 0 Å². The van der Waals surface area contributed by atoms with Crippen molar-refractivity contribution in [3.8, 4) is 0 Å². The largest absolute Gasteiger partial charge is 0.502 e. The van der Waals surface area contributed by atoms with Crippen LogP contribution in [0.2, 0.25) is 0 Å². The molecule has 29 heavy (non-hydrogen) atoms. The Bertz CT molecular complexity index is 1040. The molecule has 4 nitrogen and oxygen atoms in total. The number of para-hydroxylation sites is 1. The Morgan fingerprint density at radius 3 is 2.21 bits per heavy atom. The first-order valence-corrected chi connectivity index (χ1v) is 9.53. The van der Waals surface area contributed by atoms with Crippen LogP contribution >= 0.6 is 12.2 Å². The molecular formula is C23H23FN3OS+. The molecule has 0 saturated heterocycles. The summed E-state index contributed by atoms with van der Waals surface area (Å²) in [4.78, 5) is 2.33. The van der Waals surface area contributed by atoms with Gasteiger partial charge in [-0.2, -0.15) is 4.57 Å². The van der Waals surface area contributed by atoms with Gasteiger partial charge in [0.05, 0.1) is 0 Å². The van der Waals surface area contributed by atoms with Gasteiger partial charge in [0, 0.05) is 43.2 Å². The Kier molecular flexibility index (Phi) is 6.24. The molecule has 2 aromatic carbocycles. The number of aromatic nitrogens is 1. The normalized spacial score (nSPS) is 11.6. The minimum atomic E-state index is -0.369. The second-order valence-corrected chi connectivity index (χ2v) is 7.24.